The molecule has 0 amide bonds. The molecule has 0 spiro atoms. The van der Waals surface area contributed by atoms with Crippen molar-refractivity contribution >= 4 is 9.84 Å². The molecule has 1 saturated carbocycles. The van der Waals surface area contributed by atoms with Gasteiger partial charge in [-0.3, -0.25) is 0 Å². The Kier molecular flexibility index (Phi) is 5.66. The maximum atomic E-state index is 11.4. The lowest BCUT2D eigenvalue weighted by molar-refractivity contribution is 0.149. The van der Waals surface area contributed by atoms with Gasteiger partial charge in [-0.15, -0.1) is 0 Å². The lowest BCUT2D eigenvalue weighted by atomic mass is 9.71. The minimum absolute atomic E-state index is 0.186. The normalized spacial score (nSPS) is 24.9. The van der Waals surface area contributed by atoms with Crippen molar-refractivity contribution in [1.29, 1.82) is 0 Å². The molecule has 0 saturated heterocycles. The van der Waals surface area contributed by atoms with E-state index in [1.54, 1.807) is 6.92 Å². The van der Waals surface area contributed by atoms with Crippen LogP contribution in [0.3, 0.4) is 0 Å². The molecule has 1 rings (SSSR count). The van der Waals surface area contributed by atoms with Gasteiger partial charge in [0.2, 0.25) is 0 Å². The number of hydrogen-bond donors (Lipinski definition) is 1. The highest BCUT2D eigenvalue weighted by atomic mass is 32.2. The predicted molar refractivity (Wildman–Crippen MR) is 77.5 cm³/mol. The van der Waals surface area contributed by atoms with E-state index in [0.717, 1.165) is 31.2 Å². The van der Waals surface area contributed by atoms with E-state index < -0.39 is 9.84 Å². The first-order chi connectivity index (χ1) is 8.23. The van der Waals surface area contributed by atoms with Gasteiger partial charge >= 0.3 is 0 Å². The quantitative estimate of drug-likeness (QED) is 0.777. The topological polar surface area (TPSA) is 46.2 Å². The summed E-state index contributed by atoms with van der Waals surface area (Å²) in [7, 11) is -2.77. The highest BCUT2D eigenvalue weighted by molar-refractivity contribution is 7.91. The Bertz CT molecular complexity index is 343. The van der Waals surface area contributed by atoms with Gasteiger partial charge in [-0.1, -0.05) is 6.92 Å². The summed E-state index contributed by atoms with van der Waals surface area (Å²) < 4.78 is 22.8. The Balaban J connectivity index is 2.20. The van der Waals surface area contributed by atoms with Crippen LogP contribution in [0.4, 0.5) is 0 Å². The van der Waals surface area contributed by atoms with E-state index >= 15 is 0 Å². The summed E-state index contributed by atoms with van der Waals surface area (Å²) in [6.07, 6.45) is 4.50. The van der Waals surface area contributed by atoms with Crippen LogP contribution in [0.1, 0.15) is 53.4 Å². The lowest BCUT2D eigenvalue weighted by Crippen LogP contribution is -2.43. The third-order valence-electron chi connectivity index (χ3n) is 3.94. The summed E-state index contributed by atoms with van der Waals surface area (Å²) >= 11 is 0. The first kappa shape index (κ1) is 16.0. The molecule has 108 valence electrons. The SMILES string of the molecule is CCS(=O)(=O)CCCC1CCC1CNC(C)(C)C. The summed E-state index contributed by atoms with van der Waals surface area (Å²) in [6.45, 7) is 9.38. The molecule has 0 bridgehead atoms. The summed E-state index contributed by atoms with van der Waals surface area (Å²) in [4.78, 5) is 0. The molecular weight excluding hydrogens is 246 g/mol. The average Bonchev–Trinajstić information content (AvgIpc) is 2.21. The molecule has 1 fully saturated rings. The minimum atomic E-state index is -2.77. The fraction of sp³-hybridized carbons (Fsp3) is 1.00. The van der Waals surface area contributed by atoms with Gasteiger partial charge in [0.05, 0.1) is 5.75 Å². The van der Waals surface area contributed by atoms with E-state index in [0.29, 0.717) is 5.75 Å². The smallest absolute Gasteiger partial charge is 0.150 e. The van der Waals surface area contributed by atoms with Gasteiger partial charge < -0.3 is 5.32 Å². The molecule has 18 heavy (non-hydrogen) atoms. The zero-order valence-electron chi connectivity index (χ0n) is 12.3. The standard InChI is InChI=1S/C14H29NO2S/c1-5-18(16,17)10-6-7-12-8-9-13(12)11-15-14(2,3)4/h12-13,15H,5-11H2,1-4H3. The van der Waals surface area contributed by atoms with Crippen LogP contribution in [-0.2, 0) is 9.84 Å². The van der Waals surface area contributed by atoms with Crippen molar-refractivity contribution in [2.75, 3.05) is 18.1 Å². The van der Waals surface area contributed by atoms with Gasteiger partial charge in [-0.05, 0) is 64.8 Å². The summed E-state index contributed by atoms with van der Waals surface area (Å²) in [5, 5.41) is 3.55. The number of hydrogen-bond acceptors (Lipinski definition) is 3. The Morgan fingerprint density at radius 3 is 2.22 bits per heavy atom. The second-order valence-corrected chi connectivity index (χ2v) is 9.08. The van der Waals surface area contributed by atoms with Crippen LogP contribution in [-0.4, -0.2) is 32.0 Å². The molecule has 0 aromatic carbocycles. The molecule has 0 heterocycles. The average molecular weight is 275 g/mol. The van der Waals surface area contributed by atoms with E-state index in [1.807, 2.05) is 0 Å². The molecule has 3 nitrogen and oxygen atoms in total. The molecule has 0 aliphatic heterocycles. The zero-order chi connectivity index (χ0) is 13.8. The Morgan fingerprint density at radius 2 is 1.78 bits per heavy atom. The van der Waals surface area contributed by atoms with Crippen LogP contribution >= 0.6 is 0 Å². The van der Waals surface area contributed by atoms with Crippen molar-refractivity contribution in [3.63, 3.8) is 0 Å². The zero-order valence-corrected chi connectivity index (χ0v) is 13.1. The molecule has 0 aromatic rings. The monoisotopic (exact) mass is 275 g/mol. The minimum Gasteiger partial charge on any atom is -0.312 e. The molecule has 0 radical (unpaired) electrons. The van der Waals surface area contributed by atoms with Crippen molar-refractivity contribution < 1.29 is 8.42 Å². The van der Waals surface area contributed by atoms with Crippen molar-refractivity contribution in [2.24, 2.45) is 11.8 Å². The first-order valence-electron chi connectivity index (χ1n) is 7.19. The number of nitrogens with one attached hydrogen (secondary N) is 1. The van der Waals surface area contributed by atoms with Crippen LogP contribution in [0.2, 0.25) is 0 Å². The van der Waals surface area contributed by atoms with Crippen molar-refractivity contribution in [3.05, 3.63) is 0 Å². The highest BCUT2D eigenvalue weighted by Gasteiger charge is 2.31. The first-order valence-corrected chi connectivity index (χ1v) is 9.01. The predicted octanol–water partition coefficient (Wildman–Crippen LogP) is 2.62. The molecule has 2 unspecified atom stereocenters. The van der Waals surface area contributed by atoms with Gasteiger partial charge in [0.15, 0.2) is 0 Å². The van der Waals surface area contributed by atoms with Gasteiger partial charge in [-0.2, -0.15) is 0 Å². The second kappa shape index (κ2) is 6.38. The molecule has 1 aliphatic carbocycles. The van der Waals surface area contributed by atoms with Gasteiger partial charge in [0.25, 0.3) is 0 Å². The van der Waals surface area contributed by atoms with Crippen LogP contribution in [0, 0.1) is 11.8 Å². The Labute approximate surface area is 113 Å². The van der Waals surface area contributed by atoms with E-state index in [4.69, 9.17) is 0 Å². The summed E-state index contributed by atoms with van der Waals surface area (Å²) in [6, 6.07) is 0. The fourth-order valence-corrected chi connectivity index (χ4v) is 3.33. The van der Waals surface area contributed by atoms with Crippen molar-refractivity contribution in [1.82, 2.24) is 5.32 Å². The largest absolute Gasteiger partial charge is 0.312 e. The molecule has 0 aromatic heterocycles. The van der Waals surface area contributed by atoms with Crippen LogP contribution in [0.5, 0.6) is 0 Å². The van der Waals surface area contributed by atoms with Crippen LogP contribution < -0.4 is 5.32 Å². The third kappa shape index (κ3) is 5.70. The van der Waals surface area contributed by atoms with E-state index in [-0.39, 0.29) is 11.3 Å². The molecule has 1 aliphatic rings. The fourth-order valence-electron chi connectivity index (χ4n) is 2.43. The Morgan fingerprint density at radius 1 is 1.17 bits per heavy atom. The summed E-state index contributed by atoms with van der Waals surface area (Å²) in [5.41, 5.74) is 0.186. The Hall–Kier alpha value is -0.0900. The molecular formula is C14H29NO2S. The lowest BCUT2D eigenvalue weighted by Gasteiger charge is -2.39. The highest BCUT2D eigenvalue weighted by Crippen LogP contribution is 2.37. The van der Waals surface area contributed by atoms with Gasteiger partial charge in [-0.25, -0.2) is 8.42 Å². The summed E-state index contributed by atoms with van der Waals surface area (Å²) in [5.74, 6) is 2.16. The van der Waals surface area contributed by atoms with Gasteiger partial charge in [0, 0.05) is 11.3 Å². The molecule has 2 atom stereocenters. The molecule has 4 heteroatoms. The third-order valence-corrected chi connectivity index (χ3v) is 5.73. The second-order valence-electron chi connectivity index (χ2n) is 6.61. The van der Waals surface area contributed by atoms with Crippen LogP contribution in [0.25, 0.3) is 0 Å². The van der Waals surface area contributed by atoms with Crippen molar-refractivity contribution in [3.8, 4) is 0 Å². The maximum absolute atomic E-state index is 11.4. The van der Waals surface area contributed by atoms with E-state index in [9.17, 15) is 8.42 Å². The van der Waals surface area contributed by atoms with Crippen molar-refractivity contribution in [2.45, 2.75) is 58.9 Å². The van der Waals surface area contributed by atoms with Crippen LogP contribution in [0.15, 0.2) is 0 Å². The van der Waals surface area contributed by atoms with E-state index in [2.05, 4.69) is 26.1 Å². The maximum Gasteiger partial charge on any atom is 0.150 e. The number of sulfone groups is 1. The van der Waals surface area contributed by atoms with E-state index in [1.165, 1.54) is 12.8 Å². The van der Waals surface area contributed by atoms with Gasteiger partial charge in [0.1, 0.15) is 9.84 Å². The molecule has 1 N–H and O–H groups in total. The number of rotatable bonds is 7.